The molecule has 3 rings (SSSR count). The Labute approximate surface area is 153 Å². The quantitative estimate of drug-likeness (QED) is 0.810. The molecule has 0 bridgehead atoms. The van der Waals surface area contributed by atoms with Gasteiger partial charge in [-0.2, -0.15) is 13.2 Å². The lowest BCUT2D eigenvalue weighted by Crippen LogP contribution is -2.30. The van der Waals surface area contributed by atoms with Crippen molar-refractivity contribution in [3.63, 3.8) is 0 Å². The van der Waals surface area contributed by atoms with Gasteiger partial charge in [0.05, 0.1) is 11.3 Å². The number of esters is 1. The van der Waals surface area contributed by atoms with E-state index < -0.39 is 23.9 Å². The maximum absolute atomic E-state index is 13.2. The van der Waals surface area contributed by atoms with E-state index in [4.69, 9.17) is 4.74 Å². The summed E-state index contributed by atoms with van der Waals surface area (Å²) in [5.41, 5.74) is 0.698. The van der Waals surface area contributed by atoms with Crippen molar-refractivity contribution in [3.05, 3.63) is 65.2 Å². The Morgan fingerprint density at radius 1 is 1.19 bits per heavy atom. The number of nitrogens with zero attached hydrogens (tertiary/aromatic N) is 2. The minimum absolute atomic E-state index is 0.220. The van der Waals surface area contributed by atoms with E-state index in [2.05, 4.69) is 15.3 Å². The normalized spacial score (nSPS) is 18.2. The molecule has 0 radical (unpaired) electrons. The predicted molar refractivity (Wildman–Crippen MR) is 96.1 cm³/mol. The number of alkyl halides is 3. The monoisotopic (exact) mass is 375 g/mol. The number of benzene rings is 2. The second-order valence-electron chi connectivity index (χ2n) is 5.80. The van der Waals surface area contributed by atoms with Crippen LogP contribution in [-0.2, 0) is 15.7 Å². The van der Waals surface area contributed by atoms with Gasteiger partial charge >= 0.3 is 12.1 Å². The number of fused-ring (bicyclic) bond motifs is 1. The molecule has 27 heavy (non-hydrogen) atoms. The maximum atomic E-state index is 13.2. The van der Waals surface area contributed by atoms with Gasteiger partial charge < -0.3 is 10.1 Å². The minimum Gasteiger partial charge on any atom is -0.432 e. The van der Waals surface area contributed by atoms with Crippen LogP contribution >= 0.6 is 0 Å². The summed E-state index contributed by atoms with van der Waals surface area (Å²) in [4.78, 5) is 19.9. The van der Waals surface area contributed by atoms with Crippen LogP contribution in [0.2, 0.25) is 0 Å². The smallest absolute Gasteiger partial charge is 0.416 e. The van der Waals surface area contributed by atoms with E-state index in [9.17, 15) is 18.0 Å². The fraction of sp³-hybridized carbons (Fsp3) is 0.211. The van der Waals surface area contributed by atoms with Crippen LogP contribution in [0.3, 0.4) is 0 Å². The average molecular weight is 375 g/mol. The van der Waals surface area contributed by atoms with Gasteiger partial charge in [0.25, 0.3) is 6.23 Å². The number of ether oxygens (including phenoxy) is 1. The van der Waals surface area contributed by atoms with Gasteiger partial charge in [-0.25, -0.2) is 4.99 Å². The Kier molecular flexibility index (Phi) is 4.98. The standard InChI is InChI=1S/C19H16F3N3O2/c1-11(26)27-18-17(23-2)24-15-9-8-13(19(20,21)22)10-14(15)16(25-18)12-6-4-3-5-7-12/h3-10,18H,1-2H3,(H,23,24). The molecule has 0 amide bonds. The van der Waals surface area contributed by atoms with Crippen LogP contribution in [0.15, 0.2) is 58.5 Å². The number of hydrogen-bond acceptors (Lipinski definition) is 4. The number of anilines is 1. The van der Waals surface area contributed by atoms with Gasteiger partial charge in [-0.15, -0.1) is 0 Å². The highest BCUT2D eigenvalue weighted by Gasteiger charge is 2.33. The van der Waals surface area contributed by atoms with Gasteiger partial charge in [-0.1, -0.05) is 30.3 Å². The minimum atomic E-state index is -4.50. The molecule has 1 atom stereocenters. The molecule has 1 heterocycles. The zero-order chi connectivity index (χ0) is 19.6. The lowest BCUT2D eigenvalue weighted by atomic mass is 9.98. The Bertz CT molecular complexity index is 922. The molecule has 0 spiro atoms. The zero-order valence-corrected chi connectivity index (χ0v) is 14.5. The van der Waals surface area contributed by atoms with Crippen LogP contribution in [0.5, 0.6) is 0 Å². The molecule has 2 aromatic rings. The van der Waals surface area contributed by atoms with E-state index in [0.717, 1.165) is 12.1 Å². The first-order valence-corrected chi connectivity index (χ1v) is 8.05. The summed E-state index contributed by atoms with van der Waals surface area (Å²) in [6, 6.07) is 12.1. The van der Waals surface area contributed by atoms with Crippen LogP contribution in [0.4, 0.5) is 18.9 Å². The summed E-state index contributed by atoms with van der Waals surface area (Å²) in [5.74, 6) is -0.363. The summed E-state index contributed by atoms with van der Waals surface area (Å²) in [6.07, 6.45) is -5.59. The zero-order valence-electron chi connectivity index (χ0n) is 14.5. The van der Waals surface area contributed by atoms with Gasteiger partial charge in [-0.05, 0) is 18.2 Å². The first-order valence-electron chi connectivity index (χ1n) is 8.05. The first kappa shape index (κ1) is 18.6. The molecule has 5 nitrogen and oxygen atoms in total. The van der Waals surface area contributed by atoms with Gasteiger partial charge in [0.2, 0.25) is 0 Å². The Hall–Kier alpha value is -3.16. The molecule has 1 aliphatic rings. The Morgan fingerprint density at radius 2 is 1.89 bits per heavy atom. The SMILES string of the molecule is CN=C1Nc2ccc(C(F)(F)F)cc2C(c2ccccc2)=NC1OC(C)=O. The van der Waals surface area contributed by atoms with Crippen LogP contribution < -0.4 is 5.32 Å². The number of carbonyl (C=O) groups excluding carboxylic acids is 1. The fourth-order valence-electron chi connectivity index (χ4n) is 2.70. The molecule has 0 saturated carbocycles. The molecule has 8 heteroatoms. The summed E-state index contributed by atoms with van der Waals surface area (Å²) in [6.45, 7) is 1.23. The van der Waals surface area contributed by atoms with E-state index in [1.54, 1.807) is 30.3 Å². The highest BCUT2D eigenvalue weighted by molar-refractivity contribution is 6.20. The second kappa shape index (κ2) is 7.22. The molecule has 1 N–H and O–H groups in total. The summed E-state index contributed by atoms with van der Waals surface area (Å²) in [5, 5.41) is 2.93. The number of aliphatic imine (C=N–C) groups is 2. The number of nitrogens with one attached hydrogen (secondary N) is 1. The van der Waals surface area contributed by atoms with Crippen molar-refractivity contribution < 1.29 is 22.7 Å². The molecule has 0 saturated heterocycles. The summed E-state index contributed by atoms with van der Waals surface area (Å²) in [7, 11) is 1.48. The number of hydrogen-bond donors (Lipinski definition) is 1. The Balaban J connectivity index is 2.24. The molecule has 2 aromatic carbocycles. The van der Waals surface area contributed by atoms with Gasteiger partial charge in [0.1, 0.15) is 0 Å². The Morgan fingerprint density at radius 3 is 2.48 bits per heavy atom. The summed E-state index contributed by atoms with van der Waals surface area (Å²) < 4.78 is 44.9. The number of rotatable bonds is 2. The molecule has 0 fully saturated rings. The van der Waals surface area contributed by atoms with E-state index in [-0.39, 0.29) is 17.1 Å². The third kappa shape index (κ3) is 3.99. The van der Waals surface area contributed by atoms with Crippen LogP contribution in [-0.4, -0.2) is 30.8 Å². The van der Waals surface area contributed by atoms with E-state index >= 15 is 0 Å². The van der Waals surface area contributed by atoms with Crippen molar-refractivity contribution >= 4 is 23.2 Å². The lowest BCUT2D eigenvalue weighted by molar-refractivity contribution is -0.143. The number of carbonyl (C=O) groups is 1. The topological polar surface area (TPSA) is 63.1 Å². The molecule has 1 unspecified atom stereocenters. The maximum Gasteiger partial charge on any atom is 0.416 e. The summed E-state index contributed by atoms with van der Waals surface area (Å²) >= 11 is 0. The van der Waals surface area contributed by atoms with E-state index in [1.807, 2.05) is 0 Å². The van der Waals surface area contributed by atoms with E-state index in [0.29, 0.717) is 11.3 Å². The highest BCUT2D eigenvalue weighted by atomic mass is 19.4. The third-order valence-corrected chi connectivity index (χ3v) is 3.91. The van der Waals surface area contributed by atoms with Crippen LogP contribution in [0.25, 0.3) is 0 Å². The largest absolute Gasteiger partial charge is 0.432 e. The van der Waals surface area contributed by atoms with Crippen molar-refractivity contribution in [1.82, 2.24) is 0 Å². The van der Waals surface area contributed by atoms with Gasteiger partial charge in [-0.3, -0.25) is 9.79 Å². The van der Waals surface area contributed by atoms with Crippen molar-refractivity contribution in [2.75, 3.05) is 12.4 Å². The number of halogens is 3. The van der Waals surface area contributed by atoms with Crippen LogP contribution in [0, 0.1) is 0 Å². The molecule has 140 valence electrons. The third-order valence-electron chi connectivity index (χ3n) is 3.91. The molecule has 1 aliphatic heterocycles. The lowest BCUT2D eigenvalue weighted by Gasteiger charge is -2.15. The highest BCUT2D eigenvalue weighted by Crippen LogP contribution is 2.34. The first-order chi connectivity index (χ1) is 12.8. The van der Waals surface area contributed by atoms with E-state index in [1.165, 1.54) is 20.0 Å². The van der Waals surface area contributed by atoms with Crippen molar-refractivity contribution in [2.45, 2.75) is 19.3 Å². The van der Waals surface area contributed by atoms with Gasteiger partial charge in [0.15, 0.2) is 5.84 Å². The second-order valence-corrected chi connectivity index (χ2v) is 5.80. The van der Waals surface area contributed by atoms with Crippen LogP contribution in [0.1, 0.15) is 23.6 Å². The molecular weight excluding hydrogens is 359 g/mol. The average Bonchev–Trinajstić information content (AvgIpc) is 2.77. The fourth-order valence-corrected chi connectivity index (χ4v) is 2.70. The predicted octanol–water partition coefficient (Wildman–Crippen LogP) is 3.89. The van der Waals surface area contributed by atoms with Crippen molar-refractivity contribution in [1.29, 1.82) is 0 Å². The number of amidine groups is 1. The molecular formula is C19H16F3N3O2. The van der Waals surface area contributed by atoms with Crippen molar-refractivity contribution in [2.24, 2.45) is 9.98 Å². The van der Waals surface area contributed by atoms with Crippen molar-refractivity contribution in [3.8, 4) is 0 Å². The number of benzodiazepines with no additional fused rings is 1. The molecule has 0 aliphatic carbocycles. The molecule has 0 aromatic heterocycles. The van der Waals surface area contributed by atoms with Gasteiger partial charge in [0, 0.05) is 30.8 Å².